The molecule has 0 atom stereocenters. The van der Waals surface area contributed by atoms with Crippen molar-refractivity contribution in [2.75, 3.05) is 0 Å². The molecule has 4 nitrogen and oxygen atoms in total. The van der Waals surface area contributed by atoms with Gasteiger partial charge in [0.1, 0.15) is 18.2 Å². The van der Waals surface area contributed by atoms with Crippen LogP contribution >= 0.6 is 0 Å². The zero-order valence-corrected chi connectivity index (χ0v) is 15.2. The Kier molecular flexibility index (Phi) is 4.81. The number of ether oxygens (including phenoxy) is 1. The largest absolute Gasteiger partial charge is 0.487 e. The standard InChI is InChI=1S/C23H17FN2O2/c1-15-22(26-21-5-3-2-4-20(21)25-15)14-28-19-12-8-17(9-13-19)23(27)16-6-10-18(24)11-7-16/h2-13H,14H2,1H3. The number of aromatic nitrogens is 2. The van der Waals surface area contributed by atoms with Crippen LogP contribution in [0.15, 0.2) is 72.8 Å². The predicted molar refractivity (Wildman–Crippen MR) is 105 cm³/mol. The summed E-state index contributed by atoms with van der Waals surface area (Å²) >= 11 is 0. The summed E-state index contributed by atoms with van der Waals surface area (Å²) in [5.41, 5.74) is 4.23. The minimum atomic E-state index is -0.368. The second-order valence-corrected chi connectivity index (χ2v) is 6.39. The molecular weight excluding hydrogens is 355 g/mol. The van der Waals surface area contributed by atoms with Gasteiger partial charge in [-0.15, -0.1) is 0 Å². The summed E-state index contributed by atoms with van der Waals surface area (Å²) in [6.07, 6.45) is 0. The smallest absolute Gasteiger partial charge is 0.193 e. The van der Waals surface area contributed by atoms with Gasteiger partial charge in [0.25, 0.3) is 0 Å². The number of ketones is 1. The summed E-state index contributed by atoms with van der Waals surface area (Å²) in [7, 11) is 0. The molecule has 0 saturated carbocycles. The van der Waals surface area contributed by atoms with Gasteiger partial charge in [0.05, 0.1) is 22.4 Å². The molecule has 1 heterocycles. The fourth-order valence-electron chi connectivity index (χ4n) is 2.88. The molecule has 0 saturated heterocycles. The Morgan fingerprint density at radius 1 is 0.857 bits per heavy atom. The van der Waals surface area contributed by atoms with E-state index in [9.17, 15) is 9.18 Å². The first-order chi connectivity index (χ1) is 13.6. The number of nitrogens with zero attached hydrogens (tertiary/aromatic N) is 2. The molecular formula is C23H17FN2O2. The summed E-state index contributed by atoms with van der Waals surface area (Å²) in [5.74, 6) is 0.0974. The number of fused-ring (bicyclic) bond motifs is 1. The summed E-state index contributed by atoms with van der Waals surface area (Å²) in [5, 5.41) is 0. The van der Waals surface area contributed by atoms with Crippen LogP contribution in [-0.2, 0) is 6.61 Å². The van der Waals surface area contributed by atoms with Crippen LogP contribution in [0.5, 0.6) is 5.75 Å². The van der Waals surface area contributed by atoms with E-state index in [2.05, 4.69) is 9.97 Å². The van der Waals surface area contributed by atoms with Crippen LogP contribution in [0.25, 0.3) is 11.0 Å². The van der Waals surface area contributed by atoms with Crippen molar-refractivity contribution in [1.82, 2.24) is 9.97 Å². The Hall–Kier alpha value is -3.60. The molecule has 3 aromatic carbocycles. The molecule has 0 amide bonds. The lowest BCUT2D eigenvalue weighted by Gasteiger charge is -2.09. The lowest BCUT2D eigenvalue weighted by molar-refractivity contribution is 0.103. The van der Waals surface area contributed by atoms with Gasteiger partial charge in [-0.3, -0.25) is 4.79 Å². The van der Waals surface area contributed by atoms with Gasteiger partial charge in [0.15, 0.2) is 5.78 Å². The van der Waals surface area contributed by atoms with Crippen molar-refractivity contribution in [2.24, 2.45) is 0 Å². The number of hydrogen-bond acceptors (Lipinski definition) is 4. The van der Waals surface area contributed by atoms with E-state index in [-0.39, 0.29) is 18.2 Å². The third-order valence-electron chi connectivity index (χ3n) is 4.44. The summed E-state index contributed by atoms with van der Waals surface area (Å²) < 4.78 is 18.8. The van der Waals surface area contributed by atoms with Crippen LogP contribution in [0.4, 0.5) is 4.39 Å². The Morgan fingerprint density at radius 3 is 2.07 bits per heavy atom. The second kappa shape index (κ2) is 7.56. The molecule has 4 aromatic rings. The Bertz CT molecular complexity index is 1140. The lowest BCUT2D eigenvalue weighted by Crippen LogP contribution is -2.04. The summed E-state index contributed by atoms with van der Waals surface area (Å²) in [4.78, 5) is 21.6. The van der Waals surface area contributed by atoms with Crippen molar-refractivity contribution < 1.29 is 13.9 Å². The number of rotatable bonds is 5. The van der Waals surface area contributed by atoms with Gasteiger partial charge < -0.3 is 4.74 Å². The molecule has 0 radical (unpaired) electrons. The van der Waals surface area contributed by atoms with E-state index in [1.165, 1.54) is 24.3 Å². The number of halogens is 1. The Balaban J connectivity index is 1.47. The molecule has 0 N–H and O–H groups in total. The fraction of sp³-hybridized carbons (Fsp3) is 0.0870. The topological polar surface area (TPSA) is 52.1 Å². The predicted octanol–water partition coefficient (Wildman–Crippen LogP) is 4.89. The number of carbonyl (C=O) groups is 1. The summed E-state index contributed by atoms with van der Waals surface area (Å²) in [6.45, 7) is 2.19. The van der Waals surface area contributed by atoms with Crippen molar-refractivity contribution in [3.05, 3.63) is 101 Å². The third-order valence-corrected chi connectivity index (χ3v) is 4.44. The maximum atomic E-state index is 13.0. The van der Waals surface area contributed by atoms with Crippen LogP contribution in [0, 0.1) is 12.7 Å². The maximum Gasteiger partial charge on any atom is 0.193 e. The van der Waals surface area contributed by atoms with Gasteiger partial charge in [0, 0.05) is 11.1 Å². The van der Waals surface area contributed by atoms with Crippen molar-refractivity contribution >= 4 is 16.8 Å². The number of aryl methyl sites for hydroxylation is 1. The molecule has 0 unspecified atom stereocenters. The summed E-state index contributed by atoms with van der Waals surface area (Å²) in [6, 6.07) is 20.1. The minimum absolute atomic E-state index is 0.164. The fourth-order valence-corrected chi connectivity index (χ4v) is 2.88. The van der Waals surface area contributed by atoms with E-state index >= 15 is 0 Å². The zero-order valence-electron chi connectivity index (χ0n) is 15.2. The highest BCUT2D eigenvalue weighted by Crippen LogP contribution is 2.18. The van der Waals surface area contributed by atoms with Gasteiger partial charge in [-0.2, -0.15) is 0 Å². The number of benzene rings is 3. The minimum Gasteiger partial charge on any atom is -0.487 e. The average molecular weight is 372 g/mol. The maximum absolute atomic E-state index is 13.0. The van der Waals surface area contributed by atoms with Gasteiger partial charge in [-0.05, 0) is 67.6 Å². The SMILES string of the molecule is Cc1nc2ccccc2nc1COc1ccc(C(=O)c2ccc(F)cc2)cc1. The van der Waals surface area contributed by atoms with Crippen molar-refractivity contribution in [3.8, 4) is 5.75 Å². The molecule has 0 aliphatic heterocycles. The normalized spacial score (nSPS) is 10.8. The average Bonchev–Trinajstić information content (AvgIpc) is 2.72. The molecule has 0 aliphatic rings. The molecule has 4 rings (SSSR count). The zero-order chi connectivity index (χ0) is 19.5. The van der Waals surface area contributed by atoms with Crippen molar-refractivity contribution in [1.29, 1.82) is 0 Å². The van der Waals surface area contributed by atoms with Crippen LogP contribution < -0.4 is 4.74 Å². The monoisotopic (exact) mass is 372 g/mol. The van der Waals surface area contributed by atoms with E-state index in [4.69, 9.17) is 4.74 Å². The Labute approximate surface area is 161 Å². The Morgan fingerprint density at radius 2 is 1.43 bits per heavy atom. The van der Waals surface area contributed by atoms with Crippen LogP contribution in [0.3, 0.4) is 0 Å². The van der Waals surface area contributed by atoms with E-state index in [0.29, 0.717) is 16.9 Å². The third kappa shape index (κ3) is 3.74. The molecule has 0 fully saturated rings. The molecule has 138 valence electrons. The lowest BCUT2D eigenvalue weighted by atomic mass is 10.0. The van der Waals surface area contributed by atoms with Gasteiger partial charge in [-0.1, -0.05) is 12.1 Å². The molecule has 0 aliphatic carbocycles. The van der Waals surface area contributed by atoms with Crippen molar-refractivity contribution in [3.63, 3.8) is 0 Å². The molecule has 5 heteroatoms. The van der Waals surface area contributed by atoms with E-state index in [0.717, 1.165) is 22.4 Å². The highest BCUT2D eigenvalue weighted by molar-refractivity contribution is 6.09. The first-order valence-corrected chi connectivity index (χ1v) is 8.85. The number of hydrogen-bond donors (Lipinski definition) is 0. The molecule has 0 bridgehead atoms. The van der Waals surface area contributed by atoms with Crippen LogP contribution in [0.2, 0.25) is 0 Å². The number of para-hydroxylation sites is 2. The molecule has 28 heavy (non-hydrogen) atoms. The highest BCUT2D eigenvalue weighted by Gasteiger charge is 2.10. The van der Waals surface area contributed by atoms with E-state index in [1.54, 1.807) is 24.3 Å². The highest BCUT2D eigenvalue weighted by atomic mass is 19.1. The van der Waals surface area contributed by atoms with Gasteiger partial charge in [-0.25, -0.2) is 14.4 Å². The van der Waals surface area contributed by atoms with Crippen LogP contribution in [0.1, 0.15) is 27.3 Å². The first-order valence-electron chi connectivity index (χ1n) is 8.85. The van der Waals surface area contributed by atoms with Gasteiger partial charge in [0.2, 0.25) is 0 Å². The van der Waals surface area contributed by atoms with E-state index in [1.807, 2.05) is 31.2 Å². The first kappa shape index (κ1) is 17.8. The molecule has 1 aromatic heterocycles. The van der Waals surface area contributed by atoms with Gasteiger partial charge >= 0.3 is 0 Å². The molecule has 0 spiro atoms. The van der Waals surface area contributed by atoms with Crippen molar-refractivity contribution in [2.45, 2.75) is 13.5 Å². The van der Waals surface area contributed by atoms with Crippen LogP contribution in [-0.4, -0.2) is 15.8 Å². The number of carbonyl (C=O) groups excluding carboxylic acids is 1. The van der Waals surface area contributed by atoms with E-state index < -0.39 is 0 Å². The second-order valence-electron chi connectivity index (χ2n) is 6.39. The quantitative estimate of drug-likeness (QED) is 0.468.